The smallest absolute Gasteiger partial charge is 0.166 e. The van der Waals surface area contributed by atoms with Crippen LogP contribution in [0.3, 0.4) is 0 Å². The highest BCUT2D eigenvalue weighted by atomic mass is 32.1. The number of anilines is 1. The topological polar surface area (TPSA) is 41.0 Å². The predicted molar refractivity (Wildman–Crippen MR) is 119 cm³/mol. The molecule has 1 aliphatic rings. The Morgan fingerprint density at radius 3 is 2.43 bits per heavy atom. The summed E-state index contributed by atoms with van der Waals surface area (Å²) in [7, 11) is 0. The second-order valence-electron chi connectivity index (χ2n) is 7.01. The van der Waals surface area contributed by atoms with Gasteiger partial charge in [0.15, 0.2) is 5.11 Å². The minimum atomic E-state index is 0.709. The third kappa shape index (κ3) is 6.39. The van der Waals surface area contributed by atoms with E-state index in [0.717, 1.165) is 56.7 Å². The van der Waals surface area contributed by atoms with Gasteiger partial charge >= 0.3 is 0 Å². The first-order chi connectivity index (χ1) is 13.7. The van der Waals surface area contributed by atoms with Crippen molar-refractivity contribution in [2.75, 3.05) is 50.8 Å². The average Bonchev–Trinajstić information content (AvgIpc) is 2.74. The van der Waals surface area contributed by atoms with E-state index in [1.165, 1.54) is 11.3 Å². The zero-order valence-corrected chi connectivity index (χ0v) is 17.4. The summed E-state index contributed by atoms with van der Waals surface area (Å²) in [5, 5.41) is 7.34. The van der Waals surface area contributed by atoms with Crippen molar-refractivity contribution in [2.24, 2.45) is 0 Å². The Bertz CT molecular complexity index is 715. The number of thiocarbonyl (C=S) groups is 1. The van der Waals surface area contributed by atoms with Gasteiger partial charge in [0.25, 0.3) is 0 Å². The second-order valence-corrected chi connectivity index (χ2v) is 7.42. The van der Waals surface area contributed by atoms with Crippen LogP contribution >= 0.6 is 12.2 Å². The normalized spacial score (nSPS) is 14.5. The maximum Gasteiger partial charge on any atom is 0.166 e. The van der Waals surface area contributed by atoms with E-state index >= 15 is 0 Å². The summed E-state index contributed by atoms with van der Waals surface area (Å²) in [6.45, 7) is 9.94. The third-order valence-electron chi connectivity index (χ3n) is 5.04. The number of benzene rings is 2. The zero-order chi connectivity index (χ0) is 19.6. The largest absolute Gasteiger partial charge is 0.494 e. The fourth-order valence-corrected chi connectivity index (χ4v) is 3.62. The summed E-state index contributed by atoms with van der Waals surface area (Å²) in [6.07, 6.45) is 0. The van der Waals surface area contributed by atoms with Crippen LogP contribution in [0.1, 0.15) is 12.5 Å². The molecule has 1 aliphatic heterocycles. The Kier molecular flexibility index (Phi) is 7.94. The zero-order valence-electron chi connectivity index (χ0n) is 16.6. The highest BCUT2D eigenvalue weighted by Gasteiger charge is 2.19. The van der Waals surface area contributed by atoms with Gasteiger partial charge in [0.1, 0.15) is 5.75 Å². The van der Waals surface area contributed by atoms with Crippen molar-refractivity contribution in [3.8, 4) is 5.75 Å². The summed E-state index contributed by atoms with van der Waals surface area (Å²) in [4.78, 5) is 4.08. The van der Waals surface area contributed by atoms with Gasteiger partial charge in [0.05, 0.1) is 45.9 Å². The quantitative estimate of drug-likeness (QED) is 0.587. The summed E-state index contributed by atoms with van der Waals surface area (Å²) >= 11 is 5.38. The van der Waals surface area contributed by atoms with Gasteiger partial charge in [-0.05, 0) is 49.0 Å². The second kappa shape index (κ2) is 10.9. The van der Waals surface area contributed by atoms with Crippen LogP contribution in [0.5, 0.6) is 5.75 Å². The van der Waals surface area contributed by atoms with Crippen molar-refractivity contribution in [2.45, 2.75) is 13.5 Å². The Morgan fingerprint density at radius 1 is 1.04 bits per heavy atom. The first-order valence-electron chi connectivity index (χ1n) is 10.1. The number of piperazine rings is 1. The molecule has 0 aliphatic carbocycles. The number of hydrogen-bond acceptors (Lipinski definition) is 3. The number of nitrogens with zero attached hydrogens (tertiary/aromatic N) is 1. The SMILES string of the molecule is CCOc1ccc(N2CC[NH+](CCNC(=S)NCc3ccccc3)CC2)cc1. The molecular weight excluding hydrogens is 368 g/mol. The monoisotopic (exact) mass is 399 g/mol. The van der Waals surface area contributed by atoms with Crippen LogP contribution in [0.4, 0.5) is 5.69 Å². The summed E-state index contributed by atoms with van der Waals surface area (Å²) in [6, 6.07) is 18.8. The first kappa shape index (κ1) is 20.4. The van der Waals surface area contributed by atoms with Crippen LogP contribution in [0.25, 0.3) is 0 Å². The minimum Gasteiger partial charge on any atom is -0.494 e. The van der Waals surface area contributed by atoms with Crippen LogP contribution < -0.4 is 25.2 Å². The van der Waals surface area contributed by atoms with Gasteiger partial charge in [0.2, 0.25) is 0 Å². The molecule has 0 bridgehead atoms. The molecule has 0 spiro atoms. The summed E-state index contributed by atoms with van der Waals surface area (Å²) in [5.74, 6) is 0.943. The van der Waals surface area contributed by atoms with Gasteiger partial charge in [-0.15, -0.1) is 0 Å². The number of hydrogen-bond donors (Lipinski definition) is 3. The van der Waals surface area contributed by atoms with Crippen LogP contribution in [0.2, 0.25) is 0 Å². The van der Waals surface area contributed by atoms with E-state index < -0.39 is 0 Å². The Morgan fingerprint density at radius 2 is 1.75 bits per heavy atom. The first-order valence-corrected chi connectivity index (χ1v) is 10.5. The highest BCUT2D eigenvalue weighted by molar-refractivity contribution is 7.80. The molecule has 150 valence electrons. The van der Waals surface area contributed by atoms with Crippen molar-refractivity contribution in [3.05, 3.63) is 60.2 Å². The Balaban J connectivity index is 1.31. The van der Waals surface area contributed by atoms with Gasteiger partial charge < -0.3 is 25.2 Å². The molecule has 2 aromatic carbocycles. The van der Waals surface area contributed by atoms with E-state index in [-0.39, 0.29) is 0 Å². The molecule has 1 saturated heterocycles. The lowest BCUT2D eigenvalue weighted by atomic mass is 10.2. The van der Waals surface area contributed by atoms with Crippen LogP contribution in [-0.4, -0.2) is 51.0 Å². The van der Waals surface area contributed by atoms with E-state index in [0.29, 0.717) is 6.61 Å². The van der Waals surface area contributed by atoms with E-state index in [2.05, 4.69) is 51.9 Å². The predicted octanol–water partition coefficient (Wildman–Crippen LogP) is 1.45. The third-order valence-corrected chi connectivity index (χ3v) is 5.33. The molecule has 0 saturated carbocycles. The van der Waals surface area contributed by atoms with Crippen molar-refractivity contribution in [1.82, 2.24) is 10.6 Å². The molecule has 2 aromatic rings. The van der Waals surface area contributed by atoms with Crippen molar-refractivity contribution in [1.29, 1.82) is 0 Å². The lowest BCUT2D eigenvalue weighted by molar-refractivity contribution is -0.899. The molecule has 0 atom stereocenters. The van der Waals surface area contributed by atoms with Gasteiger partial charge in [-0.25, -0.2) is 0 Å². The lowest BCUT2D eigenvalue weighted by Crippen LogP contribution is -3.15. The van der Waals surface area contributed by atoms with Crippen molar-refractivity contribution in [3.63, 3.8) is 0 Å². The standard InChI is InChI=1S/C22H30N4OS/c1-2-27-21-10-8-20(9-11-21)26-16-14-25(15-17-26)13-12-23-22(28)24-18-19-6-4-3-5-7-19/h3-11H,2,12-18H2,1H3,(H2,23,24,28)/p+1. The van der Waals surface area contributed by atoms with Gasteiger partial charge in [-0.1, -0.05) is 30.3 Å². The van der Waals surface area contributed by atoms with Gasteiger partial charge in [-0.3, -0.25) is 0 Å². The Hall–Kier alpha value is -2.31. The minimum absolute atomic E-state index is 0.709. The molecule has 3 N–H and O–H groups in total. The molecule has 6 heteroatoms. The molecule has 0 amide bonds. The Labute approximate surface area is 173 Å². The number of nitrogens with one attached hydrogen (secondary N) is 3. The van der Waals surface area contributed by atoms with E-state index in [1.807, 2.05) is 25.1 Å². The highest BCUT2D eigenvalue weighted by Crippen LogP contribution is 2.19. The maximum atomic E-state index is 5.53. The van der Waals surface area contributed by atoms with Crippen LogP contribution in [0.15, 0.2) is 54.6 Å². The molecule has 28 heavy (non-hydrogen) atoms. The van der Waals surface area contributed by atoms with Crippen LogP contribution in [-0.2, 0) is 6.54 Å². The van der Waals surface area contributed by atoms with Crippen LogP contribution in [0, 0.1) is 0 Å². The van der Waals surface area contributed by atoms with E-state index in [9.17, 15) is 0 Å². The lowest BCUT2D eigenvalue weighted by Gasteiger charge is -2.33. The average molecular weight is 400 g/mol. The molecule has 5 nitrogen and oxygen atoms in total. The number of rotatable bonds is 8. The molecule has 1 heterocycles. The number of ether oxygens (including phenoxy) is 1. The maximum absolute atomic E-state index is 5.53. The van der Waals surface area contributed by atoms with Gasteiger partial charge in [0, 0.05) is 12.2 Å². The molecule has 0 radical (unpaired) electrons. The van der Waals surface area contributed by atoms with Gasteiger partial charge in [-0.2, -0.15) is 0 Å². The fourth-order valence-electron chi connectivity index (χ4n) is 3.44. The van der Waals surface area contributed by atoms with Crippen molar-refractivity contribution >= 4 is 23.0 Å². The van der Waals surface area contributed by atoms with E-state index in [1.54, 1.807) is 4.90 Å². The number of quaternary nitrogens is 1. The summed E-state index contributed by atoms with van der Waals surface area (Å²) in [5.41, 5.74) is 2.52. The molecule has 1 fully saturated rings. The summed E-state index contributed by atoms with van der Waals surface area (Å²) < 4.78 is 5.53. The molecule has 0 unspecified atom stereocenters. The molecular formula is C22H31N4OS+. The van der Waals surface area contributed by atoms with E-state index in [4.69, 9.17) is 17.0 Å². The fraction of sp³-hybridized carbons (Fsp3) is 0.409. The van der Waals surface area contributed by atoms with Crippen molar-refractivity contribution < 1.29 is 9.64 Å². The molecule has 0 aromatic heterocycles. The molecule has 3 rings (SSSR count).